The highest BCUT2D eigenvalue weighted by molar-refractivity contribution is 7.89. The zero-order valence-electron chi connectivity index (χ0n) is 17.0. The Bertz CT molecular complexity index is 1090. The van der Waals surface area contributed by atoms with Crippen LogP contribution >= 0.6 is 11.6 Å². The average Bonchev–Trinajstić information content (AvgIpc) is 3.12. The summed E-state index contributed by atoms with van der Waals surface area (Å²) in [5, 5.41) is 13.1. The number of sulfonamides is 1. The van der Waals surface area contributed by atoms with Crippen molar-refractivity contribution in [3.05, 3.63) is 58.6 Å². The number of nitrogens with one attached hydrogen (secondary N) is 1. The number of β-amino-alcohol motifs (C(OH)–C–C–N with tert-alkyl or cyclic N) is 1. The number of amides is 1. The van der Waals surface area contributed by atoms with E-state index in [4.69, 9.17) is 16.3 Å². The summed E-state index contributed by atoms with van der Waals surface area (Å²) >= 11 is 5.79. The van der Waals surface area contributed by atoms with Crippen LogP contribution in [0.5, 0.6) is 0 Å². The molecule has 0 aliphatic carbocycles. The molecule has 3 rings (SSSR count). The molecule has 0 radical (unpaired) electrons. The van der Waals surface area contributed by atoms with Gasteiger partial charge in [0.1, 0.15) is 6.04 Å². The zero-order chi connectivity index (χ0) is 22.8. The summed E-state index contributed by atoms with van der Waals surface area (Å²) in [6, 6.07) is 9.83. The molecule has 1 aliphatic heterocycles. The topological polar surface area (TPSA) is 113 Å². The molecule has 2 aromatic carbocycles. The van der Waals surface area contributed by atoms with Crippen molar-refractivity contribution >= 4 is 39.2 Å². The van der Waals surface area contributed by atoms with Gasteiger partial charge in [-0.2, -0.15) is 4.31 Å². The van der Waals surface area contributed by atoms with Gasteiger partial charge in [-0.25, -0.2) is 8.42 Å². The summed E-state index contributed by atoms with van der Waals surface area (Å²) in [5.74, 6) is -1.48. The summed E-state index contributed by atoms with van der Waals surface area (Å²) in [7, 11) is -4.04. The quantitative estimate of drug-likeness (QED) is 0.631. The number of esters is 1. The molecule has 1 heterocycles. The molecule has 0 bridgehead atoms. The number of ether oxygens (including phenoxy) is 1. The highest BCUT2D eigenvalue weighted by Crippen LogP contribution is 2.28. The molecule has 1 saturated heterocycles. The fourth-order valence-corrected chi connectivity index (χ4v) is 5.08. The monoisotopic (exact) mass is 466 g/mol. The third-order valence-electron chi connectivity index (χ3n) is 5.06. The highest BCUT2D eigenvalue weighted by atomic mass is 35.5. The highest BCUT2D eigenvalue weighted by Gasteiger charge is 2.44. The predicted molar refractivity (Wildman–Crippen MR) is 115 cm³/mol. The Hall–Kier alpha value is -2.46. The van der Waals surface area contributed by atoms with Crippen molar-refractivity contribution in [3.63, 3.8) is 0 Å². The molecule has 166 valence electrons. The molecule has 8 nitrogen and oxygen atoms in total. The van der Waals surface area contributed by atoms with Crippen molar-refractivity contribution in [2.75, 3.05) is 18.5 Å². The Balaban J connectivity index is 1.68. The first-order valence-corrected chi connectivity index (χ1v) is 11.4. The lowest BCUT2D eigenvalue weighted by molar-refractivity contribution is -0.150. The summed E-state index contributed by atoms with van der Waals surface area (Å²) < 4.78 is 32.1. The number of aliphatic hydroxyl groups is 1. The Morgan fingerprint density at radius 2 is 1.84 bits per heavy atom. The van der Waals surface area contributed by atoms with Gasteiger partial charge in [-0.05, 0) is 61.4 Å². The molecule has 0 spiro atoms. The lowest BCUT2D eigenvalue weighted by atomic mass is 10.1. The first kappa shape index (κ1) is 23.2. The number of aryl methyl sites for hydroxylation is 2. The number of halogens is 1. The van der Waals surface area contributed by atoms with Gasteiger partial charge in [0.2, 0.25) is 10.0 Å². The van der Waals surface area contributed by atoms with E-state index in [2.05, 4.69) is 5.32 Å². The molecule has 2 atom stereocenters. The van der Waals surface area contributed by atoms with E-state index < -0.39 is 40.7 Å². The number of nitrogens with zero attached hydrogens (tertiary/aromatic N) is 1. The molecule has 31 heavy (non-hydrogen) atoms. The summed E-state index contributed by atoms with van der Waals surface area (Å²) in [4.78, 5) is 24.6. The van der Waals surface area contributed by atoms with Crippen LogP contribution in [-0.2, 0) is 24.3 Å². The molecule has 2 aromatic rings. The van der Waals surface area contributed by atoms with E-state index in [1.165, 1.54) is 12.1 Å². The SMILES string of the molecule is Cc1ccc(S(=O)(=O)N2CC(O)C[C@H]2C(=O)OCC(=O)Nc2ccc(Cl)cc2)cc1C. The van der Waals surface area contributed by atoms with Crippen LogP contribution < -0.4 is 5.32 Å². The van der Waals surface area contributed by atoms with Crippen LogP contribution in [-0.4, -0.2) is 55.0 Å². The second kappa shape index (κ2) is 9.35. The molecule has 10 heteroatoms. The molecule has 0 saturated carbocycles. The second-order valence-electron chi connectivity index (χ2n) is 7.39. The van der Waals surface area contributed by atoms with E-state index in [1.807, 2.05) is 6.92 Å². The number of benzene rings is 2. The minimum absolute atomic E-state index is 0.0305. The van der Waals surface area contributed by atoms with Crippen LogP contribution in [0.2, 0.25) is 5.02 Å². The van der Waals surface area contributed by atoms with Gasteiger partial charge in [-0.1, -0.05) is 17.7 Å². The average molecular weight is 467 g/mol. The number of carbonyl (C=O) groups is 2. The van der Waals surface area contributed by atoms with Gasteiger partial charge in [0.15, 0.2) is 6.61 Å². The molecule has 1 unspecified atom stereocenters. The fourth-order valence-electron chi connectivity index (χ4n) is 3.24. The lowest BCUT2D eigenvalue weighted by Crippen LogP contribution is -2.42. The van der Waals surface area contributed by atoms with E-state index in [0.29, 0.717) is 10.7 Å². The molecule has 2 N–H and O–H groups in total. The summed E-state index contributed by atoms with van der Waals surface area (Å²) in [6.45, 7) is 2.83. The standard InChI is InChI=1S/C21H23ClN2O6S/c1-13-3-8-18(9-14(13)2)31(28,29)24-11-17(25)10-19(24)21(27)30-12-20(26)23-16-6-4-15(22)5-7-16/h3-9,17,19,25H,10-12H2,1-2H3,(H,23,26)/t17?,19-/m0/s1. The maximum absolute atomic E-state index is 13.1. The Morgan fingerprint density at radius 1 is 1.16 bits per heavy atom. The van der Waals surface area contributed by atoms with Crippen molar-refractivity contribution in [1.82, 2.24) is 4.31 Å². The third-order valence-corrected chi connectivity index (χ3v) is 7.19. The van der Waals surface area contributed by atoms with E-state index in [9.17, 15) is 23.1 Å². The van der Waals surface area contributed by atoms with Crippen LogP contribution in [0.4, 0.5) is 5.69 Å². The second-order valence-corrected chi connectivity index (χ2v) is 9.72. The van der Waals surface area contributed by atoms with E-state index in [-0.39, 0.29) is 17.9 Å². The maximum atomic E-state index is 13.1. The molecular weight excluding hydrogens is 444 g/mol. The minimum Gasteiger partial charge on any atom is -0.454 e. The predicted octanol–water partition coefficient (Wildman–Crippen LogP) is 2.26. The van der Waals surface area contributed by atoms with Gasteiger partial charge in [0, 0.05) is 23.7 Å². The van der Waals surface area contributed by atoms with Crippen molar-refractivity contribution < 1.29 is 27.9 Å². The number of hydrogen-bond acceptors (Lipinski definition) is 6. The molecular formula is C21H23ClN2O6S. The van der Waals surface area contributed by atoms with Gasteiger partial charge in [-0.15, -0.1) is 0 Å². The van der Waals surface area contributed by atoms with Gasteiger partial charge in [0.25, 0.3) is 5.91 Å². The van der Waals surface area contributed by atoms with Gasteiger partial charge in [0.05, 0.1) is 11.0 Å². The van der Waals surface area contributed by atoms with Crippen LogP contribution in [0, 0.1) is 13.8 Å². The Morgan fingerprint density at radius 3 is 2.48 bits per heavy atom. The number of carbonyl (C=O) groups excluding carboxylic acids is 2. The van der Waals surface area contributed by atoms with Crippen LogP contribution in [0.1, 0.15) is 17.5 Å². The maximum Gasteiger partial charge on any atom is 0.325 e. The minimum atomic E-state index is -4.04. The van der Waals surface area contributed by atoms with E-state index in [0.717, 1.165) is 15.4 Å². The number of aliphatic hydroxyl groups excluding tert-OH is 1. The first-order chi connectivity index (χ1) is 14.6. The first-order valence-electron chi connectivity index (χ1n) is 9.57. The van der Waals surface area contributed by atoms with E-state index >= 15 is 0 Å². The van der Waals surface area contributed by atoms with Crippen LogP contribution in [0.15, 0.2) is 47.4 Å². The summed E-state index contributed by atoms with van der Waals surface area (Å²) in [5.41, 5.74) is 2.20. The summed E-state index contributed by atoms with van der Waals surface area (Å²) in [6.07, 6.45) is -1.12. The molecule has 0 aromatic heterocycles. The smallest absolute Gasteiger partial charge is 0.325 e. The normalized spacial score (nSPS) is 19.2. The number of rotatable bonds is 6. The Labute approximate surface area is 185 Å². The van der Waals surface area contributed by atoms with Crippen molar-refractivity contribution in [2.24, 2.45) is 0 Å². The molecule has 1 fully saturated rings. The van der Waals surface area contributed by atoms with E-state index in [1.54, 1.807) is 37.3 Å². The lowest BCUT2D eigenvalue weighted by Gasteiger charge is -2.22. The molecule has 1 amide bonds. The zero-order valence-corrected chi connectivity index (χ0v) is 18.6. The Kier molecular flexibility index (Phi) is 7.00. The van der Waals surface area contributed by atoms with Crippen LogP contribution in [0.3, 0.4) is 0 Å². The van der Waals surface area contributed by atoms with Gasteiger partial charge < -0.3 is 15.2 Å². The number of anilines is 1. The van der Waals surface area contributed by atoms with Crippen molar-refractivity contribution in [1.29, 1.82) is 0 Å². The van der Waals surface area contributed by atoms with Gasteiger partial charge >= 0.3 is 5.97 Å². The van der Waals surface area contributed by atoms with Gasteiger partial charge in [-0.3, -0.25) is 9.59 Å². The third kappa shape index (κ3) is 5.43. The van der Waals surface area contributed by atoms with Crippen LogP contribution in [0.25, 0.3) is 0 Å². The largest absolute Gasteiger partial charge is 0.454 e. The fraction of sp³-hybridized carbons (Fsp3) is 0.333. The molecule has 1 aliphatic rings. The van der Waals surface area contributed by atoms with Crippen molar-refractivity contribution in [2.45, 2.75) is 37.3 Å². The number of hydrogen-bond donors (Lipinski definition) is 2. The van der Waals surface area contributed by atoms with Crippen molar-refractivity contribution in [3.8, 4) is 0 Å².